The number of fused-ring (bicyclic) bond motifs is 3. The Morgan fingerprint density at radius 1 is 1.02 bits per heavy atom. The Morgan fingerprint density at radius 2 is 1.70 bits per heavy atom. The highest BCUT2D eigenvalue weighted by molar-refractivity contribution is 7.87. The second-order valence-electron chi connectivity index (χ2n) is 16.4. The number of ether oxygens (including phenoxy) is 2. The molecule has 0 bridgehead atoms. The first-order valence-corrected chi connectivity index (χ1v) is 19.6. The van der Waals surface area contributed by atoms with E-state index in [-0.39, 0.29) is 25.3 Å². The number of hydrogen-bond acceptors (Lipinski definition) is 10. The fourth-order valence-electron chi connectivity index (χ4n) is 6.63. The van der Waals surface area contributed by atoms with Gasteiger partial charge in [-0.2, -0.15) is 12.7 Å². The Balaban J connectivity index is 1.51. The average molecular weight is 756 g/mol. The van der Waals surface area contributed by atoms with Crippen molar-refractivity contribution in [1.82, 2.24) is 34.5 Å². The van der Waals surface area contributed by atoms with Gasteiger partial charge in [0, 0.05) is 31.8 Å². The van der Waals surface area contributed by atoms with Gasteiger partial charge in [0.15, 0.2) is 0 Å². The maximum Gasteiger partial charge on any atom is 0.408 e. The van der Waals surface area contributed by atoms with E-state index < -0.39 is 74.7 Å². The van der Waals surface area contributed by atoms with Crippen LogP contribution in [0.1, 0.15) is 92.2 Å². The fraction of sp³-hybridized carbons (Fsp3) is 0.622. The molecule has 15 nitrogen and oxygen atoms in total. The van der Waals surface area contributed by atoms with Crippen LogP contribution < -0.4 is 20.1 Å². The van der Waals surface area contributed by atoms with E-state index in [1.54, 1.807) is 20.8 Å². The molecule has 3 heterocycles. The summed E-state index contributed by atoms with van der Waals surface area (Å²) in [4.78, 5) is 66.5. The normalized spacial score (nSPS) is 26.4. The van der Waals surface area contributed by atoms with Crippen molar-refractivity contribution >= 4 is 45.1 Å². The van der Waals surface area contributed by atoms with Crippen LogP contribution in [-0.4, -0.2) is 101 Å². The number of benzene rings is 1. The zero-order valence-corrected chi connectivity index (χ0v) is 32.7. The van der Waals surface area contributed by atoms with Gasteiger partial charge in [-0.15, -0.1) is 0 Å². The Hall–Kier alpha value is -4.31. The lowest BCUT2D eigenvalue weighted by molar-refractivity contribution is -0.141. The van der Waals surface area contributed by atoms with Gasteiger partial charge in [0.05, 0.1) is 17.6 Å². The monoisotopic (exact) mass is 755 g/mol. The number of carbonyl (C=O) groups excluding carboxylic acids is 4. The Morgan fingerprint density at radius 3 is 2.34 bits per heavy atom. The largest absolute Gasteiger partial charge is 0.471 e. The molecule has 53 heavy (non-hydrogen) atoms. The van der Waals surface area contributed by atoms with E-state index in [0.29, 0.717) is 36.0 Å². The van der Waals surface area contributed by atoms with E-state index in [1.807, 2.05) is 57.2 Å². The van der Waals surface area contributed by atoms with Crippen molar-refractivity contribution in [3.63, 3.8) is 0 Å². The number of alkyl carbamates (subject to hydrolysis) is 1. The van der Waals surface area contributed by atoms with Crippen molar-refractivity contribution in [2.75, 3.05) is 20.6 Å². The van der Waals surface area contributed by atoms with Gasteiger partial charge in [0.25, 0.3) is 5.91 Å². The van der Waals surface area contributed by atoms with Crippen molar-refractivity contribution in [3.8, 4) is 5.88 Å². The van der Waals surface area contributed by atoms with Crippen LogP contribution in [0.3, 0.4) is 0 Å². The third-order valence-electron chi connectivity index (χ3n) is 9.57. The van der Waals surface area contributed by atoms with Crippen LogP contribution in [0.2, 0.25) is 0 Å². The summed E-state index contributed by atoms with van der Waals surface area (Å²) in [6, 6.07) is 5.27. The van der Waals surface area contributed by atoms with E-state index in [1.165, 1.54) is 19.0 Å². The van der Waals surface area contributed by atoms with Crippen LogP contribution >= 0.6 is 0 Å². The fourth-order valence-corrected chi connectivity index (χ4v) is 7.23. The zero-order chi connectivity index (χ0) is 38.9. The molecule has 3 N–H and O–H groups in total. The SMILES string of the molecule is CN(C)S(=O)(=O)NC(=O)[C@@]12C[C@H]1/C=C\CCCCC[C@H](NC(=O)OC(C)(C)C)C(=O)N1C[C@H](Oc3nc4ccccc4nc3C(C)(C)C)C[C@H]1C(=O)N2. The summed E-state index contributed by atoms with van der Waals surface area (Å²) in [6.07, 6.45) is 5.62. The lowest BCUT2D eigenvalue weighted by Crippen LogP contribution is -2.58. The number of allylic oxidation sites excluding steroid dienone is 1. The van der Waals surface area contributed by atoms with Gasteiger partial charge in [-0.1, -0.05) is 57.9 Å². The number of nitrogens with zero attached hydrogens (tertiary/aromatic N) is 4. The lowest BCUT2D eigenvalue weighted by Gasteiger charge is -2.30. The molecule has 5 rings (SSSR count). The second kappa shape index (κ2) is 15.2. The molecular weight excluding hydrogens is 703 g/mol. The molecule has 0 radical (unpaired) electrons. The first-order valence-electron chi connectivity index (χ1n) is 18.2. The van der Waals surface area contributed by atoms with Crippen molar-refractivity contribution in [1.29, 1.82) is 0 Å². The van der Waals surface area contributed by atoms with Crippen LogP contribution in [-0.2, 0) is 34.7 Å². The highest BCUT2D eigenvalue weighted by atomic mass is 32.2. The summed E-state index contributed by atoms with van der Waals surface area (Å²) in [7, 11) is -1.58. The summed E-state index contributed by atoms with van der Waals surface area (Å²) in [5, 5.41) is 5.59. The molecule has 5 atom stereocenters. The number of nitrogens with one attached hydrogen (secondary N) is 3. The van der Waals surface area contributed by atoms with Crippen molar-refractivity contribution in [2.45, 2.75) is 121 Å². The molecule has 1 saturated heterocycles. The number of carbonyl (C=O) groups is 4. The molecule has 2 fully saturated rings. The molecule has 1 aromatic heterocycles. The summed E-state index contributed by atoms with van der Waals surface area (Å²) in [5.74, 6) is -2.21. The lowest BCUT2D eigenvalue weighted by atomic mass is 9.92. The number of amides is 4. The standard InChI is InChI=1S/C37H53N7O8S/c1-35(2,3)29-31(39-26-18-15-14-17-25(26)38-29)51-24-20-28-30(45)41-37(33(47)42-53(49,50)43(7)8)21-23(37)16-12-10-9-11-13-19-27(32(46)44(28)22-24)40-34(48)52-36(4,5)6/h12,14-18,23-24,27-28H,9-11,13,19-22H2,1-8H3,(H,40,48)(H,41,45)(H,42,47)/b16-12-/t23-,24-,27+,28+,37-/m1/s1. The second-order valence-corrected chi connectivity index (χ2v) is 18.2. The van der Waals surface area contributed by atoms with Crippen LogP contribution in [0.5, 0.6) is 5.88 Å². The van der Waals surface area contributed by atoms with Crippen LogP contribution in [0.4, 0.5) is 4.79 Å². The molecule has 290 valence electrons. The van der Waals surface area contributed by atoms with E-state index in [4.69, 9.17) is 19.4 Å². The Labute approximate surface area is 311 Å². The summed E-state index contributed by atoms with van der Waals surface area (Å²) in [5.41, 5.74) is -0.913. The van der Waals surface area contributed by atoms with Crippen molar-refractivity contribution < 1.29 is 37.1 Å². The van der Waals surface area contributed by atoms with Gasteiger partial charge in [0.2, 0.25) is 17.7 Å². The summed E-state index contributed by atoms with van der Waals surface area (Å²) in [6.45, 7) is 11.1. The Bertz CT molecular complexity index is 1870. The van der Waals surface area contributed by atoms with Gasteiger partial charge < -0.3 is 25.0 Å². The maximum absolute atomic E-state index is 14.5. The molecule has 4 amide bonds. The zero-order valence-electron chi connectivity index (χ0n) is 31.9. The van der Waals surface area contributed by atoms with Gasteiger partial charge in [-0.25, -0.2) is 19.5 Å². The molecule has 0 spiro atoms. The topological polar surface area (TPSA) is 189 Å². The van der Waals surface area contributed by atoms with Crippen LogP contribution in [0, 0.1) is 5.92 Å². The average Bonchev–Trinajstić information content (AvgIpc) is 3.58. The first kappa shape index (κ1) is 39.9. The highest BCUT2D eigenvalue weighted by Crippen LogP contribution is 2.46. The molecule has 0 unspecified atom stereocenters. The van der Waals surface area contributed by atoms with Gasteiger partial charge >= 0.3 is 16.3 Å². The quantitative estimate of drug-likeness (QED) is 0.368. The minimum atomic E-state index is -4.17. The van der Waals surface area contributed by atoms with E-state index in [2.05, 4.69) is 15.4 Å². The van der Waals surface area contributed by atoms with Crippen LogP contribution in [0.15, 0.2) is 36.4 Å². The van der Waals surface area contributed by atoms with E-state index in [9.17, 15) is 27.6 Å². The molecule has 16 heteroatoms. The highest BCUT2D eigenvalue weighted by Gasteiger charge is 2.61. The Kier molecular flexibility index (Phi) is 11.4. The summed E-state index contributed by atoms with van der Waals surface area (Å²) < 4.78 is 40.4. The molecule has 2 aliphatic heterocycles. The van der Waals surface area contributed by atoms with Gasteiger partial charge in [-0.05, 0) is 58.6 Å². The van der Waals surface area contributed by atoms with Crippen molar-refractivity contribution in [2.24, 2.45) is 5.92 Å². The van der Waals surface area contributed by atoms with E-state index >= 15 is 0 Å². The molecule has 1 aliphatic carbocycles. The predicted octanol–water partition coefficient (Wildman–Crippen LogP) is 3.49. The smallest absolute Gasteiger partial charge is 0.408 e. The third kappa shape index (κ3) is 9.44. The predicted molar refractivity (Wildman–Crippen MR) is 198 cm³/mol. The minimum absolute atomic E-state index is 0.0287. The number of aromatic nitrogens is 2. The molecule has 3 aliphatic rings. The minimum Gasteiger partial charge on any atom is -0.471 e. The molecule has 2 aromatic rings. The van der Waals surface area contributed by atoms with Gasteiger partial charge in [0.1, 0.15) is 35.0 Å². The molecule has 1 aromatic carbocycles. The van der Waals surface area contributed by atoms with Crippen LogP contribution in [0.25, 0.3) is 11.0 Å². The first-order chi connectivity index (χ1) is 24.7. The number of para-hydroxylation sites is 2. The maximum atomic E-state index is 14.5. The third-order valence-corrected chi connectivity index (χ3v) is 11.0. The molecule has 1 saturated carbocycles. The van der Waals surface area contributed by atoms with Gasteiger partial charge in [-0.3, -0.25) is 14.4 Å². The number of hydrogen-bond donors (Lipinski definition) is 3. The van der Waals surface area contributed by atoms with Crippen molar-refractivity contribution in [3.05, 3.63) is 42.1 Å². The van der Waals surface area contributed by atoms with E-state index in [0.717, 1.165) is 17.1 Å². The summed E-state index contributed by atoms with van der Waals surface area (Å²) >= 11 is 0. The molecular formula is C37H53N7O8S. The number of rotatable bonds is 6.